The SMILES string of the molecule is Cc1c(C(=O)NC(CO)c2cncn2C)c2ccccc2n(C)c1=O. The van der Waals surface area contributed by atoms with Crippen molar-refractivity contribution in [3.05, 3.63) is 64.0 Å². The van der Waals surface area contributed by atoms with Gasteiger partial charge >= 0.3 is 0 Å². The van der Waals surface area contributed by atoms with Gasteiger partial charge in [-0.3, -0.25) is 9.59 Å². The summed E-state index contributed by atoms with van der Waals surface area (Å²) < 4.78 is 3.27. The molecule has 3 rings (SSSR count). The lowest BCUT2D eigenvalue weighted by Gasteiger charge is -2.19. The molecule has 0 fully saturated rings. The molecule has 25 heavy (non-hydrogen) atoms. The maximum absolute atomic E-state index is 12.9. The van der Waals surface area contributed by atoms with Crippen LogP contribution in [0.3, 0.4) is 0 Å². The highest BCUT2D eigenvalue weighted by molar-refractivity contribution is 6.07. The van der Waals surface area contributed by atoms with E-state index in [9.17, 15) is 14.7 Å². The summed E-state index contributed by atoms with van der Waals surface area (Å²) in [5.74, 6) is -0.397. The molecule has 0 spiro atoms. The molecule has 2 N–H and O–H groups in total. The molecular formula is C18H20N4O3. The topological polar surface area (TPSA) is 89.2 Å². The van der Waals surface area contributed by atoms with Gasteiger partial charge in [0.25, 0.3) is 11.5 Å². The molecule has 2 heterocycles. The zero-order valence-corrected chi connectivity index (χ0v) is 14.4. The summed E-state index contributed by atoms with van der Waals surface area (Å²) in [6.07, 6.45) is 3.19. The largest absolute Gasteiger partial charge is 0.394 e. The summed E-state index contributed by atoms with van der Waals surface area (Å²) in [5, 5.41) is 13.2. The van der Waals surface area contributed by atoms with Gasteiger partial charge < -0.3 is 19.6 Å². The molecular weight excluding hydrogens is 320 g/mol. The summed E-state index contributed by atoms with van der Waals surface area (Å²) in [6.45, 7) is 1.37. The van der Waals surface area contributed by atoms with Crippen molar-refractivity contribution in [2.75, 3.05) is 6.61 Å². The Kier molecular flexibility index (Phi) is 4.41. The van der Waals surface area contributed by atoms with Crippen molar-refractivity contribution in [1.82, 2.24) is 19.4 Å². The average molecular weight is 340 g/mol. The van der Waals surface area contributed by atoms with E-state index in [2.05, 4.69) is 10.3 Å². The molecule has 0 saturated carbocycles. The number of hydrogen-bond donors (Lipinski definition) is 2. The fourth-order valence-corrected chi connectivity index (χ4v) is 3.09. The van der Waals surface area contributed by atoms with Crippen molar-refractivity contribution >= 4 is 16.8 Å². The number of carbonyl (C=O) groups is 1. The standard InChI is InChI=1S/C18H20N4O3/c1-11-16(12-6-4-5-7-14(12)22(3)18(11)25)17(24)20-13(9-23)15-8-19-10-21(15)2/h4-8,10,13,23H,9H2,1-3H3,(H,20,24). The highest BCUT2D eigenvalue weighted by Gasteiger charge is 2.22. The van der Waals surface area contributed by atoms with Crippen molar-refractivity contribution in [1.29, 1.82) is 0 Å². The number of aromatic nitrogens is 3. The second-order valence-corrected chi connectivity index (χ2v) is 6.02. The number of imidazole rings is 1. The second kappa shape index (κ2) is 6.52. The molecule has 0 saturated heterocycles. The number of amides is 1. The number of fused-ring (bicyclic) bond motifs is 1. The number of rotatable bonds is 4. The number of aliphatic hydroxyl groups excluding tert-OH is 1. The number of nitrogens with one attached hydrogen (secondary N) is 1. The number of aliphatic hydroxyl groups is 1. The number of benzene rings is 1. The molecule has 0 bridgehead atoms. The van der Waals surface area contributed by atoms with E-state index < -0.39 is 11.9 Å². The molecule has 0 aliphatic rings. The van der Waals surface area contributed by atoms with E-state index >= 15 is 0 Å². The van der Waals surface area contributed by atoms with Crippen LogP contribution in [0.4, 0.5) is 0 Å². The molecule has 1 amide bonds. The van der Waals surface area contributed by atoms with Gasteiger partial charge in [-0.15, -0.1) is 0 Å². The number of para-hydroxylation sites is 1. The van der Waals surface area contributed by atoms with Gasteiger partial charge in [0, 0.05) is 25.0 Å². The highest BCUT2D eigenvalue weighted by Crippen LogP contribution is 2.20. The van der Waals surface area contributed by atoms with Gasteiger partial charge in [0.1, 0.15) is 0 Å². The maximum atomic E-state index is 12.9. The van der Waals surface area contributed by atoms with Gasteiger partial charge in [0.05, 0.1) is 41.9 Å². The van der Waals surface area contributed by atoms with E-state index in [1.54, 1.807) is 44.2 Å². The Labute approximate surface area is 144 Å². The molecule has 130 valence electrons. The van der Waals surface area contributed by atoms with Crippen LogP contribution >= 0.6 is 0 Å². The van der Waals surface area contributed by atoms with Crippen LogP contribution < -0.4 is 10.9 Å². The van der Waals surface area contributed by atoms with Gasteiger partial charge in [0.2, 0.25) is 0 Å². The quantitative estimate of drug-likeness (QED) is 0.743. The maximum Gasteiger partial charge on any atom is 0.254 e. The number of pyridine rings is 1. The Hall–Kier alpha value is -2.93. The van der Waals surface area contributed by atoms with Crippen LogP contribution in [-0.2, 0) is 14.1 Å². The van der Waals surface area contributed by atoms with Crippen LogP contribution in [0.5, 0.6) is 0 Å². The van der Waals surface area contributed by atoms with E-state index in [0.717, 1.165) is 0 Å². The highest BCUT2D eigenvalue weighted by atomic mass is 16.3. The normalized spacial score (nSPS) is 12.3. The van der Waals surface area contributed by atoms with Crippen molar-refractivity contribution in [3.8, 4) is 0 Å². The summed E-state index contributed by atoms with van der Waals surface area (Å²) >= 11 is 0. The van der Waals surface area contributed by atoms with Crippen LogP contribution in [-0.4, -0.2) is 31.7 Å². The van der Waals surface area contributed by atoms with Crippen molar-refractivity contribution in [2.24, 2.45) is 14.1 Å². The molecule has 3 aromatic rings. The first kappa shape index (κ1) is 16.9. The Bertz CT molecular complexity index is 1000. The third-order valence-corrected chi connectivity index (χ3v) is 4.46. The van der Waals surface area contributed by atoms with Gasteiger partial charge in [-0.05, 0) is 13.0 Å². The molecule has 1 atom stereocenters. The molecule has 0 aliphatic carbocycles. The summed E-state index contributed by atoms with van der Waals surface area (Å²) in [6, 6.07) is 6.66. The molecule has 7 heteroatoms. The third-order valence-electron chi connectivity index (χ3n) is 4.46. The van der Waals surface area contributed by atoms with Gasteiger partial charge in [-0.2, -0.15) is 0 Å². The number of nitrogens with zero attached hydrogens (tertiary/aromatic N) is 3. The first-order valence-corrected chi connectivity index (χ1v) is 7.92. The Balaban J connectivity index is 2.09. The predicted molar refractivity (Wildman–Crippen MR) is 94.4 cm³/mol. The molecule has 1 aromatic carbocycles. The first-order chi connectivity index (χ1) is 12.0. The molecule has 1 unspecified atom stereocenters. The van der Waals surface area contributed by atoms with E-state index in [1.165, 1.54) is 4.57 Å². The van der Waals surface area contributed by atoms with E-state index in [1.807, 2.05) is 18.2 Å². The lowest BCUT2D eigenvalue weighted by atomic mass is 10.0. The Morgan fingerprint density at radius 3 is 2.68 bits per heavy atom. The summed E-state index contributed by atoms with van der Waals surface area (Å²) in [7, 11) is 3.47. The minimum Gasteiger partial charge on any atom is -0.394 e. The van der Waals surface area contributed by atoms with E-state index in [-0.39, 0.29) is 12.2 Å². The minimum atomic E-state index is -0.609. The van der Waals surface area contributed by atoms with Gasteiger partial charge in [0.15, 0.2) is 0 Å². The third kappa shape index (κ3) is 2.83. The molecule has 0 aliphatic heterocycles. The zero-order chi connectivity index (χ0) is 18.1. The predicted octanol–water partition coefficient (Wildman–Crippen LogP) is 1.04. The number of hydrogen-bond acceptors (Lipinski definition) is 4. The average Bonchev–Trinajstić information content (AvgIpc) is 3.04. The van der Waals surface area contributed by atoms with Gasteiger partial charge in [-0.25, -0.2) is 4.98 Å². The van der Waals surface area contributed by atoms with Crippen molar-refractivity contribution < 1.29 is 9.90 Å². The summed E-state index contributed by atoms with van der Waals surface area (Å²) in [5.41, 5.74) is 1.86. The van der Waals surface area contributed by atoms with Crippen LogP contribution in [0.15, 0.2) is 41.6 Å². The monoisotopic (exact) mass is 340 g/mol. The van der Waals surface area contributed by atoms with Crippen molar-refractivity contribution in [3.63, 3.8) is 0 Å². The van der Waals surface area contributed by atoms with Crippen LogP contribution in [0.1, 0.15) is 27.7 Å². The molecule has 7 nitrogen and oxygen atoms in total. The Morgan fingerprint density at radius 1 is 1.32 bits per heavy atom. The van der Waals surface area contributed by atoms with Crippen LogP contribution in [0, 0.1) is 6.92 Å². The number of aryl methyl sites for hydroxylation is 2. The lowest BCUT2D eigenvalue weighted by Crippen LogP contribution is -2.34. The second-order valence-electron chi connectivity index (χ2n) is 6.02. The first-order valence-electron chi connectivity index (χ1n) is 7.92. The van der Waals surface area contributed by atoms with Crippen LogP contribution in [0.2, 0.25) is 0 Å². The Morgan fingerprint density at radius 2 is 2.04 bits per heavy atom. The van der Waals surface area contributed by atoms with E-state index in [0.29, 0.717) is 27.7 Å². The number of carbonyl (C=O) groups excluding carboxylic acids is 1. The van der Waals surface area contributed by atoms with Crippen molar-refractivity contribution in [2.45, 2.75) is 13.0 Å². The summed E-state index contributed by atoms with van der Waals surface area (Å²) in [4.78, 5) is 29.4. The molecule has 0 radical (unpaired) electrons. The lowest BCUT2D eigenvalue weighted by molar-refractivity contribution is 0.0914. The van der Waals surface area contributed by atoms with E-state index in [4.69, 9.17) is 0 Å². The zero-order valence-electron chi connectivity index (χ0n) is 14.4. The minimum absolute atomic E-state index is 0.218. The smallest absolute Gasteiger partial charge is 0.254 e. The van der Waals surface area contributed by atoms with Crippen LogP contribution in [0.25, 0.3) is 10.9 Å². The fraction of sp³-hybridized carbons (Fsp3) is 0.278. The van der Waals surface area contributed by atoms with Gasteiger partial charge in [-0.1, -0.05) is 18.2 Å². The molecule has 2 aromatic heterocycles. The fourth-order valence-electron chi connectivity index (χ4n) is 3.09.